The minimum absolute atomic E-state index is 0.0596. The number of rotatable bonds is 12. The predicted molar refractivity (Wildman–Crippen MR) is 145 cm³/mol. The zero-order valence-corrected chi connectivity index (χ0v) is 21.8. The molecule has 0 aliphatic rings. The van der Waals surface area contributed by atoms with E-state index in [9.17, 15) is 29.3 Å². The first kappa shape index (κ1) is 27.6. The Hall–Kier alpha value is -4.39. The maximum absolute atomic E-state index is 12.5. The lowest BCUT2D eigenvalue weighted by Crippen LogP contribution is -2.04. The minimum Gasteiger partial charge on any atom is -0.507 e. The number of phosphoric ester groups is 1. The molecule has 0 atom stereocenters. The van der Waals surface area contributed by atoms with E-state index in [1.165, 1.54) is 24.3 Å². The van der Waals surface area contributed by atoms with Crippen molar-refractivity contribution in [2.45, 2.75) is 25.7 Å². The third-order valence-corrected chi connectivity index (χ3v) is 6.83. The van der Waals surface area contributed by atoms with Crippen molar-refractivity contribution >= 4 is 19.4 Å². The summed E-state index contributed by atoms with van der Waals surface area (Å²) in [5.41, 5.74) is 2.09. The van der Waals surface area contributed by atoms with E-state index in [-0.39, 0.29) is 47.0 Å². The molecular weight excluding hydrogens is 519 g/mol. The maximum Gasteiger partial charge on any atom is 0.584 e. The molecule has 0 fully saturated rings. The van der Waals surface area contributed by atoms with Crippen molar-refractivity contribution in [3.05, 3.63) is 119 Å². The van der Waals surface area contributed by atoms with Gasteiger partial charge in [0.1, 0.15) is 23.0 Å². The number of phosphoric acid groups is 1. The highest BCUT2D eigenvalue weighted by Crippen LogP contribution is 2.46. The van der Waals surface area contributed by atoms with Crippen LogP contribution in [0.25, 0.3) is 0 Å². The molecule has 0 heterocycles. The van der Waals surface area contributed by atoms with Gasteiger partial charge in [-0.05, 0) is 48.2 Å². The molecule has 0 unspecified atom stereocenters. The molecule has 3 N–H and O–H groups in total. The van der Waals surface area contributed by atoms with Gasteiger partial charge in [0, 0.05) is 25.0 Å². The Morgan fingerprint density at radius 3 is 1.36 bits per heavy atom. The van der Waals surface area contributed by atoms with Crippen molar-refractivity contribution in [3.63, 3.8) is 0 Å². The average Bonchev–Trinajstić information content (AvgIpc) is 2.91. The Bertz CT molecular complexity index is 1390. The van der Waals surface area contributed by atoms with Gasteiger partial charge in [-0.2, -0.15) is 0 Å². The summed E-state index contributed by atoms with van der Waals surface area (Å²) < 4.78 is 22.6. The summed E-state index contributed by atoms with van der Waals surface area (Å²) in [6.45, 7) is 0. The second kappa shape index (κ2) is 12.4. The van der Waals surface area contributed by atoms with Crippen LogP contribution >= 0.6 is 7.82 Å². The van der Waals surface area contributed by atoms with E-state index in [0.29, 0.717) is 12.8 Å². The molecule has 0 saturated heterocycles. The van der Waals surface area contributed by atoms with Gasteiger partial charge in [0.25, 0.3) is 0 Å². The summed E-state index contributed by atoms with van der Waals surface area (Å²) >= 11 is 0. The normalized spacial score (nSPS) is 11.1. The van der Waals surface area contributed by atoms with Gasteiger partial charge >= 0.3 is 7.82 Å². The quantitative estimate of drug-likeness (QED) is 0.140. The van der Waals surface area contributed by atoms with Crippen molar-refractivity contribution in [2.24, 2.45) is 0 Å². The van der Waals surface area contributed by atoms with Gasteiger partial charge in [0.05, 0.1) is 11.1 Å². The molecule has 0 aromatic heterocycles. The molecule has 0 aliphatic heterocycles. The Morgan fingerprint density at radius 2 is 1.00 bits per heavy atom. The first-order valence-electron chi connectivity index (χ1n) is 12.2. The highest BCUT2D eigenvalue weighted by Gasteiger charge is 2.27. The largest absolute Gasteiger partial charge is 0.584 e. The topological polar surface area (TPSA) is 130 Å². The summed E-state index contributed by atoms with van der Waals surface area (Å²) in [7, 11) is -4.75. The lowest BCUT2D eigenvalue weighted by Gasteiger charge is -2.15. The zero-order chi connectivity index (χ0) is 27.8. The number of ketones is 2. The number of hydrogen-bond acceptors (Lipinski definition) is 7. The van der Waals surface area contributed by atoms with E-state index in [1.807, 2.05) is 60.7 Å². The van der Waals surface area contributed by atoms with Gasteiger partial charge in [0.15, 0.2) is 11.6 Å². The molecule has 8 nitrogen and oxygen atoms in total. The van der Waals surface area contributed by atoms with Crippen molar-refractivity contribution in [2.75, 3.05) is 0 Å². The molecule has 4 aromatic carbocycles. The molecule has 4 rings (SSSR count). The summed E-state index contributed by atoms with van der Waals surface area (Å²) in [6, 6.07) is 26.1. The minimum atomic E-state index is -4.75. The first-order valence-corrected chi connectivity index (χ1v) is 13.7. The number of phenols is 2. The first-order chi connectivity index (χ1) is 18.7. The van der Waals surface area contributed by atoms with Crippen LogP contribution in [0.4, 0.5) is 0 Å². The Balaban J connectivity index is 1.35. The monoisotopic (exact) mass is 546 g/mol. The van der Waals surface area contributed by atoms with Gasteiger partial charge in [0.2, 0.25) is 0 Å². The van der Waals surface area contributed by atoms with E-state index >= 15 is 0 Å². The second-order valence-electron chi connectivity index (χ2n) is 8.83. The third-order valence-electron chi connectivity index (χ3n) is 5.95. The van der Waals surface area contributed by atoms with Crippen LogP contribution in [0.2, 0.25) is 0 Å². The number of phenolic OH excluding ortho intramolecular Hbond substituents is 2. The van der Waals surface area contributed by atoms with Gasteiger partial charge in [-0.25, -0.2) is 4.57 Å². The fourth-order valence-corrected chi connectivity index (χ4v) is 4.76. The second-order valence-corrected chi connectivity index (χ2v) is 10.1. The van der Waals surface area contributed by atoms with Crippen LogP contribution < -0.4 is 9.05 Å². The molecular formula is C30H27O8P. The van der Waals surface area contributed by atoms with E-state index in [2.05, 4.69) is 0 Å². The van der Waals surface area contributed by atoms with Crippen LogP contribution in [0.5, 0.6) is 23.0 Å². The van der Waals surface area contributed by atoms with Gasteiger partial charge in [-0.1, -0.05) is 60.7 Å². The highest BCUT2D eigenvalue weighted by atomic mass is 31.2. The summed E-state index contributed by atoms with van der Waals surface area (Å²) in [4.78, 5) is 35.2. The molecule has 4 aromatic rings. The standard InChI is InChI=1S/C30H27O8P/c31-27(17-11-21-7-3-1-4-8-21)25-15-13-23(19-29(25)33)37-39(35,36)38-24-14-16-26(30(34)20-24)28(32)18-12-22-9-5-2-6-10-22/h1-10,13-16,19-20,33-34H,11-12,17-18H2,(H,35,36). The van der Waals surface area contributed by atoms with Crippen LogP contribution in [0.3, 0.4) is 0 Å². The highest BCUT2D eigenvalue weighted by molar-refractivity contribution is 7.48. The molecule has 0 radical (unpaired) electrons. The summed E-state index contributed by atoms with van der Waals surface area (Å²) in [5, 5.41) is 20.6. The number of aromatic hydroxyl groups is 2. The van der Waals surface area contributed by atoms with Gasteiger partial charge in [-0.3, -0.25) is 14.5 Å². The number of aryl methyl sites for hydroxylation is 2. The summed E-state index contributed by atoms with van der Waals surface area (Å²) in [6.07, 6.45) is 1.35. The zero-order valence-electron chi connectivity index (χ0n) is 20.9. The fraction of sp³-hybridized carbons (Fsp3) is 0.133. The van der Waals surface area contributed by atoms with E-state index in [1.54, 1.807) is 0 Å². The number of carbonyl (C=O) groups is 2. The number of hydrogen-bond donors (Lipinski definition) is 3. The Labute approximate surface area is 225 Å². The smallest absolute Gasteiger partial charge is 0.507 e. The van der Waals surface area contributed by atoms with Gasteiger partial charge in [-0.15, -0.1) is 0 Å². The third kappa shape index (κ3) is 7.80. The van der Waals surface area contributed by atoms with Crippen LogP contribution in [0, 0.1) is 0 Å². The Kier molecular flexibility index (Phi) is 8.81. The maximum atomic E-state index is 12.5. The molecule has 0 spiro atoms. The molecule has 39 heavy (non-hydrogen) atoms. The van der Waals surface area contributed by atoms with Crippen LogP contribution in [-0.4, -0.2) is 26.7 Å². The Morgan fingerprint density at radius 1 is 0.615 bits per heavy atom. The van der Waals surface area contributed by atoms with E-state index in [0.717, 1.165) is 23.3 Å². The van der Waals surface area contributed by atoms with Crippen molar-refractivity contribution in [1.82, 2.24) is 0 Å². The van der Waals surface area contributed by atoms with Crippen molar-refractivity contribution in [1.29, 1.82) is 0 Å². The van der Waals surface area contributed by atoms with E-state index < -0.39 is 19.3 Å². The predicted octanol–water partition coefficient (Wildman–Crippen LogP) is 6.29. The molecule has 0 amide bonds. The number of carbonyl (C=O) groups excluding carboxylic acids is 2. The van der Waals surface area contributed by atoms with Crippen molar-refractivity contribution in [3.8, 4) is 23.0 Å². The number of benzene rings is 4. The van der Waals surface area contributed by atoms with E-state index in [4.69, 9.17) is 9.05 Å². The average molecular weight is 547 g/mol. The molecule has 0 bridgehead atoms. The van der Waals surface area contributed by atoms with Crippen LogP contribution in [-0.2, 0) is 17.4 Å². The molecule has 200 valence electrons. The fourth-order valence-electron chi connectivity index (χ4n) is 3.97. The van der Waals surface area contributed by atoms with Gasteiger partial charge < -0.3 is 19.3 Å². The lowest BCUT2D eigenvalue weighted by molar-refractivity contribution is 0.0972. The molecule has 9 heteroatoms. The lowest BCUT2D eigenvalue weighted by atomic mass is 10.0. The summed E-state index contributed by atoms with van der Waals surface area (Å²) in [5.74, 6) is -1.78. The molecule has 0 saturated carbocycles. The van der Waals surface area contributed by atoms with Crippen molar-refractivity contribution < 1.29 is 38.3 Å². The molecule has 0 aliphatic carbocycles. The van der Waals surface area contributed by atoms with Crippen LogP contribution in [0.1, 0.15) is 44.7 Å². The number of Topliss-reactive ketones (excluding diaryl/α,β-unsaturated/α-hetero) is 2. The SMILES string of the molecule is O=C(CCc1ccccc1)c1ccc(OP(=O)(O)Oc2ccc(C(=O)CCc3ccccc3)c(O)c2)cc1O. The van der Waals surface area contributed by atoms with Crippen LogP contribution in [0.15, 0.2) is 97.1 Å².